The van der Waals surface area contributed by atoms with Crippen LogP contribution >= 0.6 is 0 Å². The molecule has 25 heavy (non-hydrogen) atoms. The number of hydrogen-bond donors (Lipinski definition) is 0. The molecule has 0 aromatic heterocycles. The third kappa shape index (κ3) is 8.84. The molecule has 0 aliphatic carbocycles. The van der Waals surface area contributed by atoms with Crippen LogP contribution in [0.4, 0.5) is 0 Å². The molecule has 0 atom stereocenters. The predicted octanol–water partition coefficient (Wildman–Crippen LogP) is -0.638. The number of carbonyl (C=O) groups excluding carboxylic acids is 2. The van der Waals surface area contributed by atoms with Crippen LogP contribution in [0.25, 0.3) is 0 Å². The summed E-state index contributed by atoms with van der Waals surface area (Å²) in [6.07, 6.45) is 2.50. The van der Waals surface area contributed by atoms with Gasteiger partial charge in [0.25, 0.3) is 0 Å². The van der Waals surface area contributed by atoms with Crippen LogP contribution in [0, 0.1) is 0 Å². The van der Waals surface area contributed by atoms with Crippen molar-refractivity contribution in [3.05, 3.63) is 48.6 Å². The molecule has 0 unspecified atom stereocenters. The highest BCUT2D eigenvalue weighted by Crippen LogP contribution is 2.12. The van der Waals surface area contributed by atoms with Gasteiger partial charge >= 0.3 is 11.9 Å². The van der Waals surface area contributed by atoms with E-state index in [2.05, 4.69) is 6.58 Å². The summed E-state index contributed by atoms with van der Waals surface area (Å²) in [5.41, 5.74) is 1.16. The Kier molecular flexibility index (Phi) is 11.8. The molecule has 0 aliphatic rings. The van der Waals surface area contributed by atoms with Crippen LogP contribution in [0.1, 0.15) is 19.4 Å². The maximum Gasteiger partial charge on any atom is 0.361 e. The Bertz CT molecular complexity index is 513. The number of halogens is 1. The Morgan fingerprint density at radius 3 is 2.00 bits per heavy atom. The lowest BCUT2D eigenvalue weighted by Gasteiger charge is -2.36. The van der Waals surface area contributed by atoms with E-state index in [1.54, 1.807) is 19.9 Å². The fourth-order valence-corrected chi connectivity index (χ4v) is 2.68. The Labute approximate surface area is 161 Å². The van der Waals surface area contributed by atoms with E-state index in [1.165, 1.54) is 0 Å². The number of quaternary nitrogens is 1. The molecule has 0 N–H and O–H groups in total. The molecule has 1 rings (SSSR count). The molecular formula is C19H28BrNO4. The van der Waals surface area contributed by atoms with Crippen molar-refractivity contribution in [2.24, 2.45) is 0 Å². The van der Waals surface area contributed by atoms with Gasteiger partial charge in [-0.2, -0.15) is 0 Å². The number of hydrogen-bond acceptors (Lipinski definition) is 4. The lowest BCUT2D eigenvalue weighted by Crippen LogP contribution is -3.00. The summed E-state index contributed by atoms with van der Waals surface area (Å²) >= 11 is 0. The highest BCUT2D eigenvalue weighted by atomic mass is 79.9. The van der Waals surface area contributed by atoms with E-state index in [0.717, 1.165) is 12.0 Å². The van der Waals surface area contributed by atoms with Gasteiger partial charge in [0.05, 0.1) is 26.3 Å². The lowest BCUT2D eigenvalue weighted by atomic mass is 10.1. The molecule has 0 saturated carbocycles. The second-order valence-corrected chi connectivity index (χ2v) is 5.70. The van der Waals surface area contributed by atoms with Crippen LogP contribution in [0.15, 0.2) is 43.0 Å². The molecule has 0 saturated heterocycles. The normalized spacial score (nSPS) is 10.5. The first kappa shape index (κ1) is 23.3. The average Bonchev–Trinajstić information content (AvgIpc) is 2.54. The zero-order chi connectivity index (χ0) is 17.8. The van der Waals surface area contributed by atoms with E-state index in [4.69, 9.17) is 9.47 Å². The van der Waals surface area contributed by atoms with Crippen molar-refractivity contribution in [3.63, 3.8) is 0 Å². The van der Waals surface area contributed by atoms with Gasteiger partial charge in [0.1, 0.15) is 0 Å². The van der Waals surface area contributed by atoms with Crippen molar-refractivity contribution >= 4 is 11.9 Å². The largest absolute Gasteiger partial charge is 1.00 e. The zero-order valence-corrected chi connectivity index (χ0v) is 16.7. The Morgan fingerprint density at radius 1 is 1.04 bits per heavy atom. The monoisotopic (exact) mass is 413 g/mol. The molecule has 1 aromatic carbocycles. The van der Waals surface area contributed by atoms with Crippen LogP contribution in [0.5, 0.6) is 0 Å². The lowest BCUT2D eigenvalue weighted by molar-refractivity contribution is -0.908. The number of carbonyl (C=O) groups is 2. The first-order chi connectivity index (χ1) is 11.5. The van der Waals surface area contributed by atoms with E-state index >= 15 is 0 Å². The van der Waals surface area contributed by atoms with Gasteiger partial charge in [-0.3, -0.25) is 0 Å². The minimum atomic E-state index is -0.309. The number of esters is 2. The fraction of sp³-hybridized carbons (Fsp3) is 0.474. The molecule has 0 fully saturated rings. The van der Waals surface area contributed by atoms with Crippen LogP contribution in [0.2, 0.25) is 0 Å². The van der Waals surface area contributed by atoms with E-state index in [-0.39, 0.29) is 46.5 Å². The SMILES string of the molecule is C=CC[N+](CCc1ccccc1)(CC(=O)OCC)CC(=O)OCC.[Br-]. The molecule has 0 spiro atoms. The molecule has 0 aliphatic heterocycles. The molecule has 0 bridgehead atoms. The van der Waals surface area contributed by atoms with Crippen molar-refractivity contribution in [2.75, 3.05) is 39.4 Å². The topological polar surface area (TPSA) is 52.6 Å². The van der Waals surface area contributed by atoms with Gasteiger partial charge in [-0.25, -0.2) is 9.59 Å². The zero-order valence-electron chi connectivity index (χ0n) is 15.1. The smallest absolute Gasteiger partial charge is 0.361 e. The van der Waals surface area contributed by atoms with Gasteiger partial charge in [-0.15, -0.1) is 0 Å². The van der Waals surface area contributed by atoms with Gasteiger partial charge in [0.2, 0.25) is 0 Å². The quantitative estimate of drug-likeness (QED) is 0.275. The fourth-order valence-electron chi connectivity index (χ4n) is 2.68. The van der Waals surface area contributed by atoms with E-state index in [9.17, 15) is 9.59 Å². The minimum absolute atomic E-state index is 0. The van der Waals surface area contributed by atoms with Gasteiger partial charge in [-0.05, 0) is 25.5 Å². The van der Waals surface area contributed by atoms with E-state index < -0.39 is 0 Å². The molecule has 1 aromatic rings. The van der Waals surface area contributed by atoms with Crippen LogP contribution in [-0.2, 0) is 25.5 Å². The van der Waals surface area contributed by atoms with Crippen molar-refractivity contribution < 1.29 is 40.5 Å². The van der Waals surface area contributed by atoms with Gasteiger partial charge in [0, 0.05) is 6.42 Å². The Morgan fingerprint density at radius 2 is 1.56 bits per heavy atom. The highest BCUT2D eigenvalue weighted by Gasteiger charge is 2.33. The van der Waals surface area contributed by atoms with E-state index in [1.807, 2.05) is 30.3 Å². The number of rotatable bonds is 11. The summed E-state index contributed by atoms with van der Waals surface area (Å²) in [4.78, 5) is 24.1. The summed E-state index contributed by atoms with van der Waals surface area (Å²) in [7, 11) is 0. The number of ether oxygens (including phenoxy) is 2. The summed E-state index contributed by atoms with van der Waals surface area (Å²) in [6.45, 7) is 9.38. The average molecular weight is 414 g/mol. The van der Waals surface area contributed by atoms with Crippen LogP contribution in [0.3, 0.4) is 0 Å². The van der Waals surface area contributed by atoms with Crippen LogP contribution in [-0.4, -0.2) is 55.8 Å². The third-order valence-electron chi connectivity index (χ3n) is 3.77. The second-order valence-electron chi connectivity index (χ2n) is 5.70. The molecular weight excluding hydrogens is 386 g/mol. The first-order valence-electron chi connectivity index (χ1n) is 8.36. The van der Waals surface area contributed by atoms with E-state index in [0.29, 0.717) is 26.3 Å². The second kappa shape index (κ2) is 12.7. The standard InChI is InChI=1S/C19H28NO4.BrH/c1-4-13-20(15-18(21)23-5-2,16-19(22)24-6-3)14-12-17-10-8-7-9-11-17;/h4,7-11H,1,5-6,12-16H2,2-3H3;1H/q+1;/p-1. The Hall–Kier alpha value is -1.66. The summed E-state index contributed by atoms with van der Waals surface area (Å²) in [6, 6.07) is 10.0. The van der Waals surface area contributed by atoms with Gasteiger partial charge in [0.15, 0.2) is 13.1 Å². The molecule has 6 heteroatoms. The van der Waals surface area contributed by atoms with Crippen LogP contribution < -0.4 is 17.0 Å². The Balaban J connectivity index is 0.00000576. The van der Waals surface area contributed by atoms with Gasteiger partial charge < -0.3 is 30.9 Å². The van der Waals surface area contributed by atoms with Crippen molar-refractivity contribution in [1.29, 1.82) is 0 Å². The maximum atomic E-state index is 12.1. The molecule has 5 nitrogen and oxygen atoms in total. The first-order valence-corrected chi connectivity index (χ1v) is 8.36. The number of nitrogens with zero attached hydrogens (tertiary/aromatic N) is 1. The molecule has 0 radical (unpaired) electrons. The van der Waals surface area contributed by atoms with Crippen molar-refractivity contribution in [2.45, 2.75) is 20.3 Å². The molecule has 140 valence electrons. The summed E-state index contributed by atoms with van der Waals surface area (Å²) < 4.78 is 10.5. The highest BCUT2D eigenvalue weighted by molar-refractivity contribution is 5.73. The molecule has 0 amide bonds. The summed E-state index contributed by atoms with van der Waals surface area (Å²) in [5, 5.41) is 0. The maximum absolute atomic E-state index is 12.1. The minimum Gasteiger partial charge on any atom is -1.00 e. The van der Waals surface area contributed by atoms with Gasteiger partial charge in [-0.1, -0.05) is 36.9 Å². The predicted molar refractivity (Wildman–Crippen MR) is 93.3 cm³/mol. The van der Waals surface area contributed by atoms with Crippen molar-refractivity contribution in [3.8, 4) is 0 Å². The number of benzene rings is 1. The summed E-state index contributed by atoms with van der Waals surface area (Å²) in [5.74, 6) is -0.617. The third-order valence-corrected chi connectivity index (χ3v) is 3.77. The molecule has 0 heterocycles. The van der Waals surface area contributed by atoms with Crippen molar-refractivity contribution in [1.82, 2.24) is 0 Å².